The van der Waals surface area contributed by atoms with Crippen LogP contribution in [-0.4, -0.2) is 25.9 Å². The number of hydrogen-bond acceptors (Lipinski definition) is 2. The van der Waals surface area contributed by atoms with Gasteiger partial charge in [-0.25, -0.2) is 0 Å². The van der Waals surface area contributed by atoms with E-state index in [1.807, 2.05) is 30.3 Å². The molecule has 16 heavy (non-hydrogen) atoms. The Kier molecular flexibility index (Phi) is 4.43. The number of rotatable bonds is 3. The van der Waals surface area contributed by atoms with Gasteiger partial charge in [0.2, 0.25) is 0 Å². The van der Waals surface area contributed by atoms with Crippen LogP contribution in [0.1, 0.15) is 32.1 Å². The summed E-state index contributed by atoms with van der Waals surface area (Å²) >= 11 is -0.182. The number of carbonyl (C=O) groups is 1. The second-order valence-electron chi connectivity index (χ2n) is 4.04. The van der Waals surface area contributed by atoms with Crippen molar-refractivity contribution in [1.82, 2.24) is 0 Å². The fourth-order valence-corrected chi connectivity index (χ4v) is 3.33. The van der Waals surface area contributed by atoms with Crippen LogP contribution in [-0.2, 0) is 4.74 Å². The molecule has 0 aliphatic heterocycles. The molecule has 1 fully saturated rings. The van der Waals surface area contributed by atoms with Gasteiger partial charge < -0.3 is 0 Å². The molecule has 0 bridgehead atoms. The van der Waals surface area contributed by atoms with Crippen molar-refractivity contribution >= 4 is 24.3 Å². The van der Waals surface area contributed by atoms with Crippen molar-refractivity contribution in [3.05, 3.63) is 30.3 Å². The minimum absolute atomic E-state index is 0.0226. The summed E-state index contributed by atoms with van der Waals surface area (Å²) in [6, 6.07) is 9.87. The molecule has 0 heterocycles. The molecular formula is C13H16O2Se. The van der Waals surface area contributed by atoms with Crippen molar-refractivity contribution in [3.8, 4) is 0 Å². The van der Waals surface area contributed by atoms with Crippen molar-refractivity contribution in [2.24, 2.45) is 0 Å². The van der Waals surface area contributed by atoms with E-state index >= 15 is 0 Å². The van der Waals surface area contributed by atoms with Gasteiger partial charge in [-0.1, -0.05) is 0 Å². The van der Waals surface area contributed by atoms with Gasteiger partial charge >= 0.3 is 102 Å². The standard InChI is InChI=1S/C13H16O2Se/c14-13(15-11-7-3-1-4-8-11)16-12-9-5-2-6-10-12/h2,5-6,9-11H,1,3-4,7-8H2. The number of benzene rings is 1. The van der Waals surface area contributed by atoms with Crippen molar-refractivity contribution in [1.29, 1.82) is 0 Å². The van der Waals surface area contributed by atoms with E-state index in [0.29, 0.717) is 0 Å². The average Bonchev–Trinajstić information content (AvgIpc) is 2.31. The second-order valence-corrected chi connectivity index (χ2v) is 6.16. The normalized spacial score (nSPS) is 17.0. The maximum atomic E-state index is 11.7. The molecule has 0 unspecified atom stereocenters. The summed E-state index contributed by atoms with van der Waals surface area (Å²) in [5.74, 6) is 0. The molecule has 0 aromatic heterocycles. The summed E-state index contributed by atoms with van der Waals surface area (Å²) in [7, 11) is 0. The van der Waals surface area contributed by atoms with Crippen LogP contribution in [0.15, 0.2) is 30.3 Å². The van der Waals surface area contributed by atoms with Gasteiger partial charge in [-0.05, 0) is 0 Å². The van der Waals surface area contributed by atoms with Crippen LogP contribution in [0.2, 0.25) is 0 Å². The molecule has 0 radical (unpaired) electrons. The fraction of sp³-hybridized carbons (Fsp3) is 0.462. The summed E-state index contributed by atoms with van der Waals surface area (Å²) in [6.07, 6.45) is 5.99. The zero-order valence-corrected chi connectivity index (χ0v) is 10.9. The number of carbonyl (C=O) groups excluding carboxylic acids is 1. The van der Waals surface area contributed by atoms with Crippen LogP contribution in [0.5, 0.6) is 0 Å². The fourth-order valence-electron chi connectivity index (χ4n) is 1.93. The topological polar surface area (TPSA) is 26.3 Å². The SMILES string of the molecule is O=C(OC1CCCCC1)[Se]c1ccccc1. The molecule has 1 saturated carbocycles. The van der Waals surface area contributed by atoms with Crippen LogP contribution in [0, 0.1) is 0 Å². The van der Waals surface area contributed by atoms with E-state index < -0.39 is 0 Å². The summed E-state index contributed by atoms with van der Waals surface area (Å²) in [5.41, 5.74) is 0. The quantitative estimate of drug-likeness (QED) is 0.797. The third-order valence-electron chi connectivity index (χ3n) is 2.76. The Morgan fingerprint density at radius 1 is 1.12 bits per heavy atom. The van der Waals surface area contributed by atoms with Gasteiger partial charge in [0.15, 0.2) is 0 Å². The van der Waals surface area contributed by atoms with E-state index in [1.165, 1.54) is 19.3 Å². The Hall–Kier alpha value is -0.791. The molecule has 3 heteroatoms. The molecule has 1 aromatic rings. The van der Waals surface area contributed by atoms with Crippen LogP contribution in [0.25, 0.3) is 0 Å². The third-order valence-corrected chi connectivity index (χ3v) is 4.38. The number of ether oxygens (including phenoxy) is 1. The van der Waals surface area contributed by atoms with Gasteiger partial charge in [0.1, 0.15) is 0 Å². The molecule has 1 aromatic carbocycles. The van der Waals surface area contributed by atoms with Gasteiger partial charge in [-0.3, -0.25) is 0 Å². The molecule has 0 spiro atoms. The van der Waals surface area contributed by atoms with Gasteiger partial charge in [-0.15, -0.1) is 0 Å². The summed E-state index contributed by atoms with van der Waals surface area (Å²) in [4.78, 5) is 11.7. The summed E-state index contributed by atoms with van der Waals surface area (Å²) in [5, 5.41) is 0. The molecule has 0 saturated heterocycles. The molecule has 2 nitrogen and oxygen atoms in total. The molecule has 0 amide bonds. The van der Waals surface area contributed by atoms with Crippen molar-refractivity contribution in [2.75, 3.05) is 0 Å². The first kappa shape index (κ1) is 11.7. The molecule has 0 atom stereocenters. The van der Waals surface area contributed by atoms with Crippen molar-refractivity contribution < 1.29 is 9.53 Å². The molecular weight excluding hydrogens is 267 g/mol. The van der Waals surface area contributed by atoms with E-state index in [1.54, 1.807) is 0 Å². The Balaban J connectivity index is 1.80. The Morgan fingerprint density at radius 3 is 2.50 bits per heavy atom. The summed E-state index contributed by atoms with van der Waals surface area (Å²) < 4.78 is 6.58. The average molecular weight is 283 g/mol. The molecule has 86 valence electrons. The van der Waals surface area contributed by atoms with E-state index in [4.69, 9.17) is 4.74 Å². The second kappa shape index (κ2) is 6.07. The minimum atomic E-state index is -0.182. The van der Waals surface area contributed by atoms with Crippen LogP contribution >= 0.6 is 0 Å². The van der Waals surface area contributed by atoms with Gasteiger partial charge in [0.05, 0.1) is 0 Å². The van der Waals surface area contributed by atoms with Crippen LogP contribution in [0.4, 0.5) is 4.79 Å². The molecule has 1 aliphatic rings. The molecule has 2 rings (SSSR count). The van der Waals surface area contributed by atoms with Gasteiger partial charge in [-0.2, -0.15) is 0 Å². The Morgan fingerprint density at radius 2 is 1.81 bits per heavy atom. The maximum absolute atomic E-state index is 11.7. The first-order valence-electron chi connectivity index (χ1n) is 5.78. The van der Waals surface area contributed by atoms with E-state index in [-0.39, 0.29) is 25.9 Å². The van der Waals surface area contributed by atoms with E-state index in [0.717, 1.165) is 17.3 Å². The van der Waals surface area contributed by atoms with Crippen molar-refractivity contribution in [3.63, 3.8) is 0 Å². The molecule has 0 N–H and O–H groups in total. The Bertz CT molecular complexity index is 331. The van der Waals surface area contributed by atoms with Crippen LogP contribution in [0.3, 0.4) is 0 Å². The third kappa shape index (κ3) is 3.66. The predicted octanol–water partition coefficient (Wildman–Crippen LogP) is 2.49. The first-order chi connectivity index (χ1) is 7.84. The predicted molar refractivity (Wildman–Crippen MR) is 65.2 cm³/mol. The monoisotopic (exact) mass is 284 g/mol. The van der Waals surface area contributed by atoms with E-state index in [2.05, 4.69) is 0 Å². The van der Waals surface area contributed by atoms with Crippen LogP contribution < -0.4 is 4.46 Å². The van der Waals surface area contributed by atoms with E-state index in [9.17, 15) is 4.79 Å². The zero-order valence-electron chi connectivity index (χ0n) is 9.22. The first-order valence-corrected chi connectivity index (χ1v) is 7.49. The number of hydrogen-bond donors (Lipinski definition) is 0. The Labute approximate surface area is 103 Å². The summed E-state index contributed by atoms with van der Waals surface area (Å²) in [6.45, 7) is 0. The van der Waals surface area contributed by atoms with Gasteiger partial charge in [0, 0.05) is 0 Å². The van der Waals surface area contributed by atoms with Crippen molar-refractivity contribution in [2.45, 2.75) is 38.2 Å². The zero-order chi connectivity index (χ0) is 11.2. The molecule has 1 aliphatic carbocycles. The van der Waals surface area contributed by atoms with Gasteiger partial charge in [0.25, 0.3) is 0 Å².